The topological polar surface area (TPSA) is 64.7 Å². The second-order valence-corrected chi connectivity index (χ2v) is 8.58. The fraction of sp³-hybridized carbons (Fsp3) is 0.429. The van der Waals surface area contributed by atoms with E-state index >= 15 is 0 Å². The number of anilines is 1. The Kier molecular flexibility index (Phi) is 5.82. The Bertz CT molecular complexity index is 865. The molecule has 1 aromatic carbocycles. The summed E-state index contributed by atoms with van der Waals surface area (Å²) in [6.07, 6.45) is 1.78. The Hall–Kier alpha value is -2.45. The van der Waals surface area contributed by atoms with Crippen LogP contribution in [0.1, 0.15) is 17.7 Å². The number of piperidine rings is 1. The largest absolute Gasteiger partial charge is 0.355 e. The van der Waals surface area contributed by atoms with Crippen molar-refractivity contribution in [3.63, 3.8) is 0 Å². The van der Waals surface area contributed by atoms with E-state index in [0.717, 1.165) is 30.2 Å². The van der Waals surface area contributed by atoms with Gasteiger partial charge in [-0.1, -0.05) is 12.1 Å². The smallest absolute Gasteiger partial charge is 0.247 e. The molecule has 0 unspecified atom stereocenters. The Morgan fingerprint density at radius 2 is 2.07 bits per heavy atom. The Morgan fingerprint density at radius 1 is 1.24 bits per heavy atom. The average Bonchev–Trinajstić information content (AvgIpc) is 3.32. The van der Waals surface area contributed by atoms with E-state index in [-0.39, 0.29) is 17.6 Å². The van der Waals surface area contributed by atoms with Crippen molar-refractivity contribution in [2.45, 2.75) is 24.8 Å². The minimum atomic E-state index is -0.618. The predicted octanol–water partition coefficient (Wildman–Crippen LogP) is 1.97. The van der Waals surface area contributed by atoms with Crippen molar-refractivity contribution in [1.82, 2.24) is 15.5 Å². The van der Waals surface area contributed by atoms with E-state index in [2.05, 4.69) is 15.5 Å². The molecule has 29 heavy (non-hydrogen) atoms. The van der Waals surface area contributed by atoms with Gasteiger partial charge in [0.25, 0.3) is 0 Å². The minimum absolute atomic E-state index is 0.0191. The first-order valence-electron chi connectivity index (χ1n) is 9.90. The van der Waals surface area contributed by atoms with Crippen LogP contribution in [0.3, 0.4) is 0 Å². The Labute approximate surface area is 173 Å². The number of nitrogens with one attached hydrogen (secondary N) is 2. The maximum atomic E-state index is 13.7. The fourth-order valence-electron chi connectivity index (χ4n) is 4.20. The maximum absolute atomic E-state index is 13.7. The monoisotopic (exact) mass is 416 g/mol. The molecule has 0 bridgehead atoms. The number of rotatable bonds is 6. The van der Waals surface area contributed by atoms with Crippen molar-refractivity contribution >= 4 is 28.8 Å². The molecule has 0 aliphatic carbocycles. The zero-order chi connectivity index (χ0) is 20.3. The molecule has 2 aromatic rings. The third-order valence-corrected chi connectivity index (χ3v) is 6.68. The Balaban J connectivity index is 1.29. The SMILES string of the molecule is O=C(Cc1cccs1)NCCN1CCC2(CC1)C(=O)NCN2c1cccc(F)c1. The van der Waals surface area contributed by atoms with Gasteiger partial charge in [-0.3, -0.25) is 9.59 Å². The van der Waals surface area contributed by atoms with E-state index in [0.29, 0.717) is 32.5 Å². The molecule has 1 spiro atoms. The number of hydrogen-bond acceptors (Lipinski definition) is 5. The lowest BCUT2D eigenvalue weighted by atomic mass is 9.85. The third-order valence-electron chi connectivity index (χ3n) is 5.81. The van der Waals surface area contributed by atoms with Crippen LogP contribution in [0.5, 0.6) is 0 Å². The third kappa shape index (κ3) is 4.28. The fourth-order valence-corrected chi connectivity index (χ4v) is 4.91. The minimum Gasteiger partial charge on any atom is -0.355 e. The van der Waals surface area contributed by atoms with Crippen LogP contribution in [-0.2, 0) is 16.0 Å². The average molecular weight is 417 g/mol. The molecule has 4 rings (SSSR count). The number of nitrogens with zero attached hydrogens (tertiary/aromatic N) is 2. The highest BCUT2D eigenvalue weighted by Gasteiger charge is 2.50. The molecule has 0 radical (unpaired) electrons. The van der Waals surface area contributed by atoms with Crippen LogP contribution >= 0.6 is 11.3 Å². The molecule has 2 aliphatic rings. The normalized spacial score (nSPS) is 18.8. The first kappa shape index (κ1) is 19.8. The van der Waals surface area contributed by atoms with Crippen LogP contribution in [0.2, 0.25) is 0 Å². The van der Waals surface area contributed by atoms with E-state index in [1.165, 1.54) is 12.1 Å². The van der Waals surface area contributed by atoms with E-state index in [1.807, 2.05) is 28.5 Å². The van der Waals surface area contributed by atoms with Gasteiger partial charge in [0.2, 0.25) is 11.8 Å². The molecule has 2 saturated heterocycles. The standard InChI is InChI=1S/C21H25FN4O2S/c22-16-3-1-4-17(13-16)26-15-24-20(28)21(26)6-9-25(10-7-21)11-8-23-19(27)14-18-5-2-12-29-18/h1-5,12-13H,6-11,14-15H2,(H,23,27)(H,24,28). The van der Waals surface area contributed by atoms with Crippen LogP contribution in [0.4, 0.5) is 10.1 Å². The Morgan fingerprint density at radius 3 is 2.79 bits per heavy atom. The van der Waals surface area contributed by atoms with E-state index in [1.54, 1.807) is 17.4 Å². The van der Waals surface area contributed by atoms with Gasteiger partial charge < -0.3 is 20.4 Å². The van der Waals surface area contributed by atoms with Crippen molar-refractivity contribution in [2.75, 3.05) is 37.7 Å². The van der Waals surface area contributed by atoms with Crippen molar-refractivity contribution in [1.29, 1.82) is 0 Å². The summed E-state index contributed by atoms with van der Waals surface area (Å²) in [4.78, 5) is 30.0. The van der Waals surface area contributed by atoms with Crippen LogP contribution in [0.25, 0.3) is 0 Å². The van der Waals surface area contributed by atoms with Gasteiger partial charge in [-0.25, -0.2) is 4.39 Å². The highest BCUT2D eigenvalue weighted by Crippen LogP contribution is 2.36. The molecular weight excluding hydrogens is 391 g/mol. The van der Waals surface area contributed by atoms with Gasteiger partial charge in [0.1, 0.15) is 11.4 Å². The summed E-state index contributed by atoms with van der Waals surface area (Å²) >= 11 is 1.59. The summed E-state index contributed by atoms with van der Waals surface area (Å²) < 4.78 is 13.7. The van der Waals surface area contributed by atoms with E-state index in [4.69, 9.17) is 0 Å². The first-order chi connectivity index (χ1) is 14.1. The number of thiophene rings is 1. The highest BCUT2D eigenvalue weighted by atomic mass is 32.1. The number of hydrogen-bond donors (Lipinski definition) is 2. The van der Waals surface area contributed by atoms with E-state index in [9.17, 15) is 14.0 Å². The highest BCUT2D eigenvalue weighted by molar-refractivity contribution is 7.10. The van der Waals surface area contributed by atoms with Crippen molar-refractivity contribution in [3.8, 4) is 0 Å². The number of carbonyl (C=O) groups excluding carboxylic acids is 2. The molecule has 2 N–H and O–H groups in total. The lowest BCUT2D eigenvalue weighted by molar-refractivity contribution is -0.125. The molecule has 3 heterocycles. The van der Waals surface area contributed by atoms with Crippen LogP contribution in [0.15, 0.2) is 41.8 Å². The number of halogens is 1. The molecule has 0 saturated carbocycles. The summed E-state index contributed by atoms with van der Waals surface area (Å²) in [5.41, 5.74) is 0.116. The van der Waals surface area contributed by atoms with Crippen molar-refractivity contribution in [3.05, 3.63) is 52.5 Å². The molecule has 8 heteroatoms. The van der Waals surface area contributed by atoms with Crippen molar-refractivity contribution in [2.24, 2.45) is 0 Å². The molecule has 2 amide bonds. The summed E-state index contributed by atoms with van der Waals surface area (Å²) in [6.45, 7) is 3.28. The first-order valence-corrected chi connectivity index (χ1v) is 10.8. The van der Waals surface area contributed by atoms with Gasteiger partial charge in [0.05, 0.1) is 13.1 Å². The predicted molar refractivity (Wildman–Crippen MR) is 111 cm³/mol. The summed E-state index contributed by atoms with van der Waals surface area (Å²) in [5.74, 6) is -0.244. The number of benzene rings is 1. The quantitative estimate of drug-likeness (QED) is 0.756. The van der Waals surface area contributed by atoms with Crippen LogP contribution < -0.4 is 15.5 Å². The van der Waals surface area contributed by atoms with Crippen LogP contribution in [-0.4, -0.2) is 55.1 Å². The summed E-state index contributed by atoms with van der Waals surface area (Å²) in [5, 5.41) is 7.88. The van der Waals surface area contributed by atoms with E-state index < -0.39 is 5.54 Å². The van der Waals surface area contributed by atoms with Gasteiger partial charge in [-0.05, 0) is 42.5 Å². The zero-order valence-corrected chi connectivity index (χ0v) is 17.0. The van der Waals surface area contributed by atoms with Gasteiger partial charge in [-0.15, -0.1) is 11.3 Å². The van der Waals surface area contributed by atoms with Gasteiger partial charge in [0.15, 0.2) is 0 Å². The lowest BCUT2D eigenvalue weighted by Gasteiger charge is -2.43. The molecule has 6 nitrogen and oxygen atoms in total. The number of likely N-dealkylation sites (tertiary alicyclic amines) is 1. The maximum Gasteiger partial charge on any atom is 0.247 e. The molecule has 1 aromatic heterocycles. The van der Waals surface area contributed by atoms with Gasteiger partial charge in [0, 0.05) is 36.7 Å². The molecule has 2 fully saturated rings. The molecular formula is C21H25FN4O2S. The summed E-state index contributed by atoms with van der Waals surface area (Å²) in [7, 11) is 0. The lowest BCUT2D eigenvalue weighted by Crippen LogP contribution is -2.57. The number of amides is 2. The van der Waals surface area contributed by atoms with Gasteiger partial charge >= 0.3 is 0 Å². The number of carbonyl (C=O) groups is 2. The molecule has 154 valence electrons. The summed E-state index contributed by atoms with van der Waals surface area (Å²) in [6, 6.07) is 10.3. The molecule has 0 atom stereocenters. The second-order valence-electron chi connectivity index (χ2n) is 7.55. The van der Waals surface area contributed by atoms with Gasteiger partial charge in [-0.2, -0.15) is 0 Å². The zero-order valence-electron chi connectivity index (χ0n) is 16.2. The van der Waals surface area contributed by atoms with Crippen molar-refractivity contribution < 1.29 is 14.0 Å². The van der Waals surface area contributed by atoms with Crippen LogP contribution in [0, 0.1) is 5.82 Å². The second kappa shape index (κ2) is 8.51. The molecule has 2 aliphatic heterocycles.